The zero-order valence-corrected chi connectivity index (χ0v) is 16.3. The molecule has 0 radical (unpaired) electrons. The molecule has 0 saturated heterocycles. The number of esters is 1. The van der Waals surface area contributed by atoms with Crippen molar-refractivity contribution in [2.45, 2.75) is 6.61 Å². The van der Waals surface area contributed by atoms with E-state index in [0.717, 1.165) is 5.56 Å². The van der Waals surface area contributed by atoms with E-state index in [4.69, 9.17) is 9.47 Å². The highest BCUT2D eigenvalue weighted by atomic mass is 19.1. The van der Waals surface area contributed by atoms with Gasteiger partial charge < -0.3 is 19.5 Å². The van der Waals surface area contributed by atoms with Gasteiger partial charge in [-0.15, -0.1) is 0 Å². The van der Waals surface area contributed by atoms with Gasteiger partial charge >= 0.3 is 5.97 Å². The second-order valence-corrected chi connectivity index (χ2v) is 6.29. The van der Waals surface area contributed by atoms with Crippen LogP contribution in [-0.4, -0.2) is 25.6 Å². The van der Waals surface area contributed by atoms with E-state index in [-0.39, 0.29) is 24.9 Å². The van der Waals surface area contributed by atoms with Crippen LogP contribution in [0.4, 0.5) is 10.1 Å². The van der Waals surface area contributed by atoms with Crippen LogP contribution in [0.2, 0.25) is 0 Å². The number of carbonyl (C=O) groups is 2. The van der Waals surface area contributed by atoms with Crippen molar-refractivity contribution < 1.29 is 28.2 Å². The lowest BCUT2D eigenvalue weighted by molar-refractivity contribution is -0.142. The lowest BCUT2D eigenvalue weighted by Gasteiger charge is -2.10. The second-order valence-electron chi connectivity index (χ2n) is 6.29. The Morgan fingerprint density at radius 1 is 0.900 bits per heavy atom. The van der Waals surface area contributed by atoms with Gasteiger partial charge in [-0.25, -0.2) is 9.18 Å². The van der Waals surface area contributed by atoms with Crippen LogP contribution in [0.5, 0.6) is 11.5 Å². The van der Waals surface area contributed by atoms with E-state index in [1.54, 1.807) is 54.6 Å². The Morgan fingerprint density at radius 3 is 2.33 bits per heavy atom. The molecule has 0 aliphatic carbocycles. The number of amides is 1. The van der Waals surface area contributed by atoms with Gasteiger partial charge in [0, 0.05) is 17.3 Å². The summed E-state index contributed by atoms with van der Waals surface area (Å²) in [6.45, 7) is 0.0340. The predicted molar refractivity (Wildman–Crippen MR) is 109 cm³/mol. The first-order chi connectivity index (χ1) is 14.5. The minimum atomic E-state index is -0.512. The molecule has 0 fully saturated rings. The fourth-order valence-electron chi connectivity index (χ4n) is 2.54. The highest BCUT2D eigenvalue weighted by Crippen LogP contribution is 2.20. The molecule has 0 unspecified atom stereocenters. The standard InChI is InChI=1S/C23H20FNO5/c1-28-22(26)15-30-20-6-2-4-17(12-20)23(27)25-19-5-3-7-21(13-19)29-14-16-8-10-18(24)11-9-16/h2-13H,14-15H2,1H3,(H,25,27). The largest absolute Gasteiger partial charge is 0.489 e. The number of hydrogen-bond acceptors (Lipinski definition) is 5. The molecule has 7 heteroatoms. The van der Waals surface area contributed by atoms with E-state index in [9.17, 15) is 14.0 Å². The topological polar surface area (TPSA) is 73.9 Å². The predicted octanol–water partition coefficient (Wildman–Crippen LogP) is 4.21. The van der Waals surface area contributed by atoms with Crippen LogP contribution < -0.4 is 14.8 Å². The van der Waals surface area contributed by atoms with Gasteiger partial charge in [-0.2, -0.15) is 0 Å². The summed E-state index contributed by atoms with van der Waals surface area (Å²) < 4.78 is 28.5. The van der Waals surface area contributed by atoms with Crippen LogP contribution in [0.1, 0.15) is 15.9 Å². The molecule has 1 amide bonds. The Bertz CT molecular complexity index is 1020. The minimum Gasteiger partial charge on any atom is -0.489 e. The molecule has 3 aromatic rings. The number of ether oxygens (including phenoxy) is 3. The molecule has 0 aliphatic heterocycles. The van der Waals surface area contributed by atoms with Crippen LogP contribution in [0.3, 0.4) is 0 Å². The van der Waals surface area contributed by atoms with E-state index < -0.39 is 5.97 Å². The molecule has 0 atom stereocenters. The van der Waals surface area contributed by atoms with Gasteiger partial charge in [-0.05, 0) is 48.0 Å². The molecule has 0 heterocycles. The molecule has 0 bridgehead atoms. The maximum Gasteiger partial charge on any atom is 0.343 e. The van der Waals surface area contributed by atoms with Crippen molar-refractivity contribution in [1.29, 1.82) is 0 Å². The lowest BCUT2D eigenvalue weighted by Crippen LogP contribution is -2.14. The normalized spacial score (nSPS) is 10.2. The van der Waals surface area contributed by atoms with Crippen molar-refractivity contribution in [3.05, 3.63) is 89.7 Å². The Morgan fingerprint density at radius 2 is 1.60 bits per heavy atom. The Labute approximate surface area is 173 Å². The SMILES string of the molecule is COC(=O)COc1cccc(C(=O)Nc2cccc(OCc3ccc(F)cc3)c2)c1. The van der Waals surface area contributed by atoms with Gasteiger partial charge in [0.05, 0.1) is 7.11 Å². The number of nitrogens with one attached hydrogen (secondary N) is 1. The number of methoxy groups -OCH3 is 1. The number of benzene rings is 3. The van der Waals surface area contributed by atoms with Crippen LogP contribution in [-0.2, 0) is 16.1 Å². The molecular weight excluding hydrogens is 389 g/mol. The van der Waals surface area contributed by atoms with Gasteiger partial charge in [0.15, 0.2) is 6.61 Å². The summed E-state index contributed by atoms with van der Waals surface area (Å²) in [5, 5.41) is 2.79. The first-order valence-electron chi connectivity index (χ1n) is 9.12. The summed E-state index contributed by atoms with van der Waals surface area (Å²) in [5.74, 6) is -0.212. The first-order valence-corrected chi connectivity index (χ1v) is 9.12. The molecule has 0 spiro atoms. The molecular formula is C23H20FNO5. The molecule has 0 aromatic heterocycles. The highest BCUT2D eigenvalue weighted by Gasteiger charge is 2.09. The number of hydrogen-bond donors (Lipinski definition) is 1. The molecule has 154 valence electrons. The highest BCUT2D eigenvalue weighted by molar-refractivity contribution is 6.04. The average molecular weight is 409 g/mol. The zero-order chi connectivity index (χ0) is 21.3. The summed E-state index contributed by atoms with van der Waals surface area (Å²) in [5.41, 5.74) is 1.75. The Hall–Kier alpha value is -3.87. The lowest BCUT2D eigenvalue weighted by atomic mass is 10.2. The van der Waals surface area contributed by atoms with Crippen molar-refractivity contribution in [3.63, 3.8) is 0 Å². The third-order valence-electron chi connectivity index (χ3n) is 4.09. The number of carbonyl (C=O) groups excluding carboxylic acids is 2. The van der Waals surface area contributed by atoms with Crippen LogP contribution in [0.15, 0.2) is 72.8 Å². The minimum absolute atomic E-state index is 0.241. The smallest absolute Gasteiger partial charge is 0.343 e. The van der Waals surface area contributed by atoms with E-state index in [1.807, 2.05) is 0 Å². The van der Waals surface area contributed by atoms with Gasteiger partial charge in [-0.1, -0.05) is 24.3 Å². The molecule has 30 heavy (non-hydrogen) atoms. The first kappa shape index (κ1) is 20.9. The molecule has 6 nitrogen and oxygen atoms in total. The molecule has 0 aliphatic rings. The summed E-state index contributed by atoms with van der Waals surface area (Å²) in [6, 6.07) is 19.5. The number of halogens is 1. The van der Waals surface area contributed by atoms with Crippen LogP contribution in [0.25, 0.3) is 0 Å². The number of anilines is 1. The second kappa shape index (κ2) is 10.1. The Kier molecular flexibility index (Phi) is 7.00. The van der Waals surface area contributed by atoms with Crippen molar-refractivity contribution in [3.8, 4) is 11.5 Å². The summed E-state index contributed by atoms with van der Waals surface area (Å²) in [7, 11) is 1.27. The molecule has 3 rings (SSSR count). The third-order valence-corrected chi connectivity index (χ3v) is 4.09. The fraction of sp³-hybridized carbons (Fsp3) is 0.130. The third kappa shape index (κ3) is 6.07. The summed E-state index contributed by atoms with van der Waals surface area (Å²) >= 11 is 0. The quantitative estimate of drug-likeness (QED) is 0.564. The average Bonchev–Trinajstić information content (AvgIpc) is 2.77. The van der Waals surface area contributed by atoms with Crippen molar-refractivity contribution >= 4 is 17.6 Å². The van der Waals surface area contributed by atoms with E-state index in [2.05, 4.69) is 10.1 Å². The van der Waals surface area contributed by atoms with Gasteiger partial charge in [0.2, 0.25) is 0 Å². The molecule has 1 N–H and O–H groups in total. The summed E-state index contributed by atoms with van der Waals surface area (Å²) in [4.78, 5) is 23.7. The van der Waals surface area contributed by atoms with Gasteiger partial charge in [-0.3, -0.25) is 4.79 Å². The van der Waals surface area contributed by atoms with Crippen molar-refractivity contribution in [2.24, 2.45) is 0 Å². The van der Waals surface area contributed by atoms with Crippen LogP contribution in [0, 0.1) is 5.82 Å². The van der Waals surface area contributed by atoms with E-state index >= 15 is 0 Å². The maximum absolute atomic E-state index is 13.0. The Balaban J connectivity index is 1.60. The van der Waals surface area contributed by atoms with E-state index in [1.165, 1.54) is 25.3 Å². The fourth-order valence-corrected chi connectivity index (χ4v) is 2.54. The molecule has 0 saturated carbocycles. The van der Waals surface area contributed by atoms with Gasteiger partial charge in [0.1, 0.15) is 23.9 Å². The molecule has 3 aromatic carbocycles. The number of rotatable bonds is 8. The van der Waals surface area contributed by atoms with E-state index in [0.29, 0.717) is 22.7 Å². The zero-order valence-electron chi connectivity index (χ0n) is 16.3. The van der Waals surface area contributed by atoms with Crippen molar-refractivity contribution in [2.75, 3.05) is 19.0 Å². The maximum atomic E-state index is 13.0. The van der Waals surface area contributed by atoms with Gasteiger partial charge in [0.25, 0.3) is 5.91 Å². The summed E-state index contributed by atoms with van der Waals surface area (Å²) in [6.07, 6.45) is 0. The van der Waals surface area contributed by atoms with Crippen molar-refractivity contribution in [1.82, 2.24) is 0 Å². The van der Waals surface area contributed by atoms with Crippen LogP contribution >= 0.6 is 0 Å². The monoisotopic (exact) mass is 409 g/mol.